The van der Waals surface area contributed by atoms with Gasteiger partial charge in [0.25, 0.3) is 5.91 Å². The van der Waals surface area contributed by atoms with Crippen LogP contribution in [0.25, 0.3) is 22.3 Å². The van der Waals surface area contributed by atoms with E-state index < -0.39 is 5.60 Å². The largest absolute Gasteiger partial charge is 1.00 e. The van der Waals surface area contributed by atoms with E-state index in [9.17, 15) is 9.59 Å². The number of tetrazole rings is 1. The summed E-state index contributed by atoms with van der Waals surface area (Å²) in [4.78, 5) is 28.7. The van der Waals surface area contributed by atoms with E-state index >= 15 is 0 Å². The minimum Gasteiger partial charge on any atom is -1.00 e. The summed E-state index contributed by atoms with van der Waals surface area (Å²) in [5.41, 5.74) is 2.33. The predicted octanol–water partition coefficient (Wildman–Crippen LogP) is 1.31. The Morgan fingerprint density at radius 1 is 1.21 bits per heavy atom. The molecule has 39 heavy (non-hydrogen) atoms. The average molecular weight is 537 g/mol. The first-order chi connectivity index (χ1) is 18.5. The Kier molecular flexibility index (Phi) is 6.73. The number of benzene rings is 2. The maximum Gasteiger partial charge on any atom is 1.00 e. The van der Waals surface area contributed by atoms with Crippen LogP contribution in [0.15, 0.2) is 42.6 Å². The number of piperidine rings is 1. The number of H-pyrrole nitrogens is 1. The Hall–Kier alpha value is -3.21. The van der Waals surface area contributed by atoms with Gasteiger partial charge in [-0.3, -0.25) is 9.59 Å². The molecule has 0 bridgehead atoms. The first kappa shape index (κ1) is 26.0. The molecule has 2 aliphatic heterocycles. The standard InChI is InChI=1S/C28H28N6O4.Na.H/c1-2-37-25-15-18(14-22-20(25)7-10-34(22)19-4-5-19)27(36)33-11-8-28(9-12-33)16-23(35)21-13-17(3-6-24(21)38-28)26-29-31-32-30-26;;/h3,6-7,10,13-15,19H,2,4-5,8-9,11-12,16H2,1H3,(H,29,30,31,32);;/q;+1;-1. The molecule has 0 radical (unpaired) electrons. The molecule has 0 atom stereocenters. The van der Waals surface area contributed by atoms with Gasteiger partial charge in [-0.15, -0.1) is 10.2 Å². The van der Waals surface area contributed by atoms with Gasteiger partial charge in [0, 0.05) is 54.7 Å². The number of Topliss-reactive ketones (excluding diaryl/α,β-unsaturated/α-hetero) is 1. The van der Waals surface area contributed by atoms with E-state index in [0.29, 0.717) is 66.8 Å². The van der Waals surface area contributed by atoms with Crippen LogP contribution in [0.1, 0.15) is 67.2 Å². The number of likely N-dealkylation sites (tertiary alicyclic amines) is 1. The van der Waals surface area contributed by atoms with Gasteiger partial charge in [0.05, 0.1) is 24.1 Å². The fourth-order valence-corrected chi connectivity index (χ4v) is 5.79. The third kappa shape index (κ3) is 4.64. The van der Waals surface area contributed by atoms with Crippen molar-refractivity contribution in [3.8, 4) is 22.9 Å². The minimum absolute atomic E-state index is 0. The number of carbonyl (C=O) groups excluding carboxylic acids is 2. The van der Waals surface area contributed by atoms with E-state index in [2.05, 4.69) is 37.5 Å². The number of nitrogens with one attached hydrogen (secondary N) is 1. The number of hydrogen-bond acceptors (Lipinski definition) is 7. The second-order valence-electron chi connectivity index (χ2n) is 10.4. The Balaban J connectivity index is 0.00000161. The van der Waals surface area contributed by atoms with Gasteiger partial charge < -0.3 is 20.4 Å². The quantitative estimate of drug-likeness (QED) is 0.383. The fraction of sp³-hybridized carbons (Fsp3) is 0.393. The van der Waals surface area contributed by atoms with Crippen molar-refractivity contribution in [1.29, 1.82) is 0 Å². The zero-order chi connectivity index (χ0) is 25.9. The number of ether oxygens (including phenoxy) is 2. The van der Waals surface area contributed by atoms with E-state index in [1.807, 2.05) is 30.0 Å². The van der Waals surface area contributed by atoms with Crippen LogP contribution in [0.4, 0.5) is 0 Å². The molecule has 2 aromatic heterocycles. The van der Waals surface area contributed by atoms with Crippen LogP contribution in [0.2, 0.25) is 0 Å². The first-order valence-corrected chi connectivity index (χ1v) is 13.2. The van der Waals surface area contributed by atoms with Crippen molar-refractivity contribution in [3.63, 3.8) is 0 Å². The number of aromatic nitrogens is 5. The van der Waals surface area contributed by atoms with Gasteiger partial charge >= 0.3 is 29.6 Å². The molecule has 11 heteroatoms. The maximum absolute atomic E-state index is 13.6. The van der Waals surface area contributed by atoms with Crippen LogP contribution < -0.4 is 39.0 Å². The molecular weight excluding hydrogens is 507 g/mol. The molecule has 3 aliphatic rings. The minimum atomic E-state index is -0.602. The molecule has 2 fully saturated rings. The number of fused-ring (bicyclic) bond motifs is 2. The summed E-state index contributed by atoms with van der Waals surface area (Å²) in [6.45, 7) is 3.54. The van der Waals surface area contributed by atoms with Gasteiger partial charge in [-0.1, -0.05) is 0 Å². The molecule has 1 spiro atoms. The third-order valence-electron chi connectivity index (χ3n) is 7.94. The van der Waals surface area contributed by atoms with Gasteiger partial charge in [-0.05, 0) is 61.4 Å². The predicted molar refractivity (Wildman–Crippen MR) is 140 cm³/mol. The number of ketones is 1. The molecule has 2 aromatic carbocycles. The second-order valence-corrected chi connectivity index (χ2v) is 10.4. The van der Waals surface area contributed by atoms with E-state index in [0.717, 1.165) is 16.7 Å². The third-order valence-corrected chi connectivity index (χ3v) is 7.94. The van der Waals surface area contributed by atoms with Crippen molar-refractivity contribution in [3.05, 3.63) is 53.7 Å². The van der Waals surface area contributed by atoms with Gasteiger partial charge in [0.1, 0.15) is 17.1 Å². The fourth-order valence-electron chi connectivity index (χ4n) is 5.79. The maximum atomic E-state index is 13.6. The Bertz CT molecular complexity index is 1560. The molecule has 1 aliphatic carbocycles. The molecular formula is C28H29N6NaO4. The summed E-state index contributed by atoms with van der Waals surface area (Å²) >= 11 is 0. The Labute approximate surface area is 248 Å². The first-order valence-electron chi connectivity index (χ1n) is 13.2. The Morgan fingerprint density at radius 3 is 2.74 bits per heavy atom. The van der Waals surface area contributed by atoms with Gasteiger partial charge in [-0.25, -0.2) is 0 Å². The summed E-state index contributed by atoms with van der Waals surface area (Å²) in [6, 6.07) is 11.9. The molecule has 4 aromatic rings. The smallest absolute Gasteiger partial charge is 1.00 e. The zero-order valence-corrected chi connectivity index (χ0v) is 24.1. The van der Waals surface area contributed by atoms with Crippen molar-refractivity contribution < 1.29 is 50.0 Å². The van der Waals surface area contributed by atoms with Crippen LogP contribution in [-0.4, -0.2) is 67.1 Å². The van der Waals surface area contributed by atoms with Crippen LogP contribution >= 0.6 is 0 Å². The molecule has 4 heterocycles. The van der Waals surface area contributed by atoms with Crippen molar-refractivity contribution in [1.82, 2.24) is 30.1 Å². The van der Waals surface area contributed by atoms with Crippen LogP contribution in [0.5, 0.6) is 11.5 Å². The van der Waals surface area contributed by atoms with Crippen molar-refractivity contribution in [2.24, 2.45) is 0 Å². The summed E-state index contributed by atoms with van der Waals surface area (Å²) in [6.07, 6.45) is 5.91. The van der Waals surface area contributed by atoms with E-state index in [1.165, 1.54) is 12.8 Å². The van der Waals surface area contributed by atoms with Gasteiger partial charge in [0.2, 0.25) is 5.82 Å². The molecule has 7 rings (SSSR count). The van der Waals surface area contributed by atoms with E-state index in [-0.39, 0.29) is 49.1 Å². The molecule has 1 amide bonds. The van der Waals surface area contributed by atoms with Gasteiger partial charge in [-0.2, -0.15) is 5.21 Å². The number of hydrogen-bond donors (Lipinski definition) is 1. The molecule has 1 saturated carbocycles. The SMILES string of the molecule is CCOc1cc(C(=O)N2CCC3(CC2)CC(=O)c2cc(-c4nn[nH]n4)ccc2O3)cc2c1ccn2C1CC1.[H-].[Na+]. The summed E-state index contributed by atoms with van der Waals surface area (Å²) in [5.74, 6) is 1.77. The van der Waals surface area contributed by atoms with Crippen molar-refractivity contribution >= 4 is 22.6 Å². The monoisotopic (exact) mass is 536 g/mol. The average Bonchev–Trinajstić information content (AvgIpc) is 3.43. The second kappa shape index (κ2) is 10.1. The van der Waals surface area contributed by atoms with E-state index in [4.69, 9.17) is 9.47 Å². The van der Waals surface area contributed by atoms with Crippen molar-refractivity contribution in [2.45, 2.75) is 50.7 Å². The number of rotatable bonds is 5. The summed E-state index contributed by atoms with van der Waals surface area (Å²) < 4.78 is 14.6. The number of carbonyl (C=O) groups is 2. The zero-order valence-electron chi connectivity index (χ0n) is 23.1. The van der Waals surface area contributed by atoms with Crippen LogP contribution in [-0.2, 0) is 0 Å². The molecule has 196 valence electrons. The number of amides is 1. The molecule has 10 nitrogen and oxygen atoms in total. The summed E-state index contributed by atoms with van der Waals surface area (Å²) in [7, 11) is 0. The number of nitrogens with zero attached hydrogens (tertiary/aromatic N) is 5. The van der Waals surface area contributed by atoms with Crippen LogP contribution in [0, 0.1) is 0 Å². The summed E-state index contributed by atoms with van der Waals surface area (Å²) in [5, 5.41) is 15.1. The molecule has 0 unspecified atom stereocenters. The molecule has 1 saturated heterocycles. The normalized spacial score (nSPS) is 18.0. The number of aromatic amines is 1. The topological polar surface area (TPSA) is 115 Å². The Morgan fingerprint density at radius 2 is 2.03 bits per heavy atom. The molecule has 1 N–H and O–H groups in total. The van der Waals surface area contributed by atoms with Crippen molar-refractivity contribution in [2.75, 3.05) is 19.7 Å². The van der Waals surface area contributed by atoms with Crippen LogP contribution in [0.3, 0.4) is 0 Å². The van der Waals surface area contributed by atoms with E-state index in [1.54, 1.807) is 12.1 Å². The van der Waals surface area contributed by atoms with Gasteiger partial charge in [0.15, 0.2) is 5.78 Å².